The number of ether oxygens (including phenoxy) is 3. The van der Waals surface area contributed by atoms with Gasteiger partial charge in [-0.15, -0.1) is 0 Å². The van der Waals surface area contributed by atoms with Gasteiger partial charge in [-0.25, -0.2) is 10.1 Å². The molecule has 0 amide bonds. The van der Waals surface area contributed by atoms with E-state index in [1.807, 2.05) is 6.08 Å². The first-order chi connectivity index (χ1) is 33.0. The normalized spacial score (nSPS) is 12.3. The largest absolute Gasteiger partial charge is 0.462 e. The molecule has 0 aromatic carbocycles. The Bertz CT molecular complexity index is 1240. The number of esters is 3. The van der Waals surface area contributed by atoms with Crippen molar-refractivity contribution in [1.29, 1.82) is 0 Å². The van der Waals surface area contributed by atoms with Crippen LogP contribution in [0.3, 0.4) is 0 Å². The monoisotopic (exact) mass is 939 g/mol. The lowest BCUT2D eigenvalue weighted by Gasteiger charge is -2.17. The third kappa shape index (κ3) is 50.3. The first kappa shape index (κ1) is 63.6. The van der Waals surface area contributed by atoms with Gasteiger partial charge in [0.2, 0.25) is 0 Å². The Kier molecular flexibility index (Phi) is 50.9. The van der Waals surface area contributed by atoms with Crippen LogP contribution in [0.5, 0.6) is 0 Å². The van der Waals surface area contributed by atoms with E-state index < -0.39 is 12.1 Å². The lowest BCUT2D eigenvalue weighted by molar-refractivity contribution is -0.198. The Labute approximate surface area is 411 Å². The van der Waals surface area contributed by atoms with Crippen LogP contribution in [0.15, 0.2) is 72.6 Å². The average Bonchev–Trinajstić information content (AvgIpc) is 3.33. The van der Waals surface area contributed by atoms with Crippen LogP contribution >= 0.6 is 0 Å². The SMILES string of the molecule is CCCCCCCC/C=C\CCCCCCCC(=O)OCC(COC(=O)CCCCCCC/C=C\CCCCCCCC)OC(=O)C=CC=CC(=CC=CCCCCCCCCCCC)OO. The fourth-order valence-corrected chi connectivity index (χ4v) is 7.75. The average molecular weight is 939 g/mol. The molecule has 0 unspecified atom stereocenters. The molecular weight excluding hydrogens is 837 g/mol. The molecule has 0 aromatic rings. The Morgan fingerprint density at radius 2 is 0.731 bits per heavy atom. The van der Waals surface area contributed by atoms with E-state index in [1.165, 1.54) is 159 Å². The Morgan fingerprint density at radius 3 is 1.10 bits per heavy atom. The van der Waals surface area contributed by atoms with Crippen LogP contribution in [-0.4, -0.2) is 42.5 Å². The van der Waals surface area contributed by atoms with Crippen molar-refractivity contribution in [3.8, 4) is 0 Å². The molecule has 0 aliphatic rings. The quantitative estimate of drug-likeness (QED) is 0.00739. The Morgan fingerprint density at radius 1 is 0.403 bits per heavy atom. The number of hydrogen-bond donors (Lipinski definition) is 1. The summed E-state index contributed by atoms with van der Waals surface area (Å²) in [5, 5.41) is 9.31. The van der Waals surface area contributed by atoms with Gasteiger partial charge >= 0.3 is 17.9 Å². The van der Waals surface area contributed by atoms with Crippen LogP contribution in [0, 0.1) is 0 Å². The standard InChI is InChI=1S/C59H102O8/c1-4-7-10-13-16-19-22-25-27-29-32-35-38-41-44-50-57(60)64-53-56(54-65-58(61)51-45-42-39-36-33-30-28-26-23-20-17-14-11-8-5-2)66-59(62)52-47-46-49-55(67-63)48-43-40-37-34-31-24-21-18-15-12-9-6-3/h25-28,40,43,46-49,52,56,63H,4-24,29-39,41-42,44-45,50-51,53-54H2,1-3H3/b27-25-,28-26-,43-40?,49-46?,52-47?,55-48?. The lowest BCUT2D eigenvalue weighted by atomic mass is 10.1. The smallest absolute Gasteiger partial charge is 0.331 e. The van der Waals surface area contributed by atoms with Gasteiger partial charge in [-0.1, -0.05) is 223 Å². The summed E-state index contributed by atoms with van der Waals surface area (Å²) in [4.78, 5) is 42.5. The van der Waals surface area contributed by atoms with Crippen molar-refractivity contribution >= 4 is 17.9 Å². The second kappa shape index (κ2) is 53.6. The molecule has 0 aliphatic heterocycles. The second-order valence-electron chi connectivity index (χ2n) is 18.5. The van der Waals surface area contributed by atoms with Gasteiger partial charge in [0.05, 0.1) is 0 Å². The van der Waals surface area contributed by atoms with E-state index in [1.54, 1.807) is 12.2 Å². The van der Waals surface area contributed by atoms with Gasteiger partial charge in [0.15, 0.2) is 11.9 Å². The van der Waals surface area contributed by atoms with Gasteiger partial charge in [0.1, 0.15) is 13.2 Å². The van der Waals surface area contributed by atoms with Gasteiger partial charge in [0, 0.05) is 18.9 Å². The fourth-order valence-electron chi connectivity index (χ4n) is 7.75. The molecular formula is C59H102O8. The van der Waals surface area contributed by atoms with E-state index in [2.05, 4.69) is 56.0 Å². The predicted octanol–water partition coefficient (Wildman–Crippen LogP) is 18.0. The summed E-state index contributed by atoms with van der Waals surface area (Å²) in [5.74, 6) is -1.17. The van der Waals surface area contributed by atoms with Crippen molar-refractivity contribution in [1.82, 2.24) is 0 Å². The summed E-state index contributed by atoms with van der Waals surface area (Å²) in [7, 11) is 0. The number of allylic oxidation sites excluding steroid dienone is 10. The van der Waals surface area contributed by atoms with E-state index in [0.717, 1.165) is 89.9 Å². The van der Waals surface area contributed by atoms with Gasteiger partial charge in [-0.2, -0.15) is 0 Å². The van der Waals surface area contributed by atoms with Crippen molar-refractivity contribution in [2.75, 3.05) is 13.2 Å². The van der Waals surface area contributed by atoms with E-state index in [0.29, 0.717) is 0 Å². The summed E-state index contributed by atoms with van der Waals surface area (Å²) in [6.45, 7) is 6.36. The molecule has 0 aliphatic carbocycles. The molecule has 0 aromatic heterocycles. The van der Waals surface area contributed by atoms with E-state index in [4.69, 9.17) is 14.2 Å². The number of carbonyl (C=O) groups excluding carboxylic acids is 3. The third-order valence-electron chi connectivity index (χ3n) is 12.0. The van der Waals surface area contributed by atoms with Crippen LogP contribution in [0.4, 0.5) is 0 Å². The molecule has 0 radical (unpaired) electrons. The van der Waals surface area contributed by atoms with Crippen LogP contribution in [0.1, 0.15) is 265 Å². The van der Waals surface area contributed by atoms with Crippen molar-refractivity contribution in [2.24, 2.45) is 0 Å². The molecule has 8 heteroatoms. The molecule has 0 atom stereocenters. The van der Waals surface area contributed by atoms with Gasteiger partial charge in [0.25, 0.3) is 0 Å². The summed E-state index contributed by atoms with van der Waals surface area (Å²) < 4.78 is 16.6. The number of rotatable bonds is 50. The minimum atomic E-state index is -0.940. The number of carbonyl (C=O) groups is 3. The molecule has 8 nitrogen and oxygen atoms in total. The van der Waals surface area contributed by atoms with Gasteiger partial charge in [-0.3, -0.25) is 9.59 Å². The molecule has 0 spiro atoms. The number of hydrogen-bond acceptors (Lipinski definition) is 8. The highest BCUT2D eigenvalue weighted by molar-refractivity contribution is 5.82. The van der Waals surface area contributed by atoms with Crippen molar-refractivity contribution in [3.05, 3.63) is 72.6 Å². The van der Waals surface area contributed by atoms with Crippen molar-refractivity contribution in [2.45, 2.75) is 271 Å². The van der Waals surface area contributed by atoms with Gasteiger partial charge in [-0.05, 0) is 89.2 Å². The second-order valence-corrected chi connectivity index (χ2v) is 18.5. The molecule has 386 valence electrons. The molecule has 0 rings (SSSR count). The molecule has 1 N–H and O–H groups in total. The summed E-state index contributed by atoms with van der Waals surface area (Å²) in [6, 6.07) is 0. The van der Waals surface area contributed by atoms with Gasteiger partial charge < -0.3 is 19.1 Å². The Balaban J connectivity index is 4.74. The first-order valence-electron chi connectivity index (χ1n) is 27.8. The first-order valence-corrected chi connectivity index (χ1v) is 27.8. The topological polar surface area (TPSA) is 108 Å². The molecule has 0 bridgehead atoms. The molecule has 0 saturated heterocycles. The maximum absolute atomic E-state index is 12.8. The summed E-state index contributed by atoms with van der Waals surface area (Å²) >= 11 is 0. The minimum Gasteiger partial charge on any atom is -0.462 e. The maximum atomic E-state index is 12.8. The summed E-state index contributed by atoms with van der Waals surface area (Å²) in [6.07, 6.45) is 63.4. The molecule has 0 heterocycles. The van der Waals surface area contributed by atoms with Crippen LogP contribution in [0.25, 0.3) is 0 Å². The lowest BCUT2D eigenvalue weighted by Crippen LogP contribution is -2.30. The highest BCUT2D eigenvalue weighted by Gasteiger charge is 2.18. The maximum Gasteiger partial charge on any atom is 0.331 e. The third-order valence-corrected chi connectivity index (χ3v) is 12.0. The van der Waals surface area contributed by atoms with Crippen molar-refractivity contribution < 1.29 is 38.7 Å². The molecule has 67 heavy (non-hydrogen) atoms. The molecule has 0 fully saturated rings. The number of unbranched alkanes of at least 4 members (excludes halogenated alkanes) is 31. The zero-order valence-corrected chi connectivity index (χ0v) is 43.5. The Hall–Kier alpha value is -3.39. The van der Waals surface area contributed by atoms with Crippen LogP contribution in [-0.2, 0) is 33.5 Å². The van der Waals surface area contributed by atoms with Crippen molar-refractivity contribution in [3.63, 3.8) is 0 Å². The zero-order chi connectivity index (χ0) is 48.8. The predicted molar refractivity (Wildman–Crippen MR) is 282 cm³/mol. The van der Waals surface area contributed by atoms with Crippen LogP contribution < -0.4 is 0 Å². The zero-order valence-electron chi connectivity index (χ0n) is 43.5. The highest BCUT2D eigenvalue weighted by atomic mass is 17.1. The van der Waals surface area contributed by atoms with E-state index >= 15 is 0 Å². The van der Waals surface area contributed by atoms with E-state index in [9.17, 15) is 19.6 Å². The molecule has 0 saturated carbocycles. The highest BCUT2D eigenvalue weighted by Crippen LogP contribution is 2.14. The minimum absolute atomic E-state index is 0.198. The summed E-state index contributed by atoms with van der Waals surface area (Å²) in [5.41, 5.74) is 0. The fraction of sp³-hybridized carbons (Fsp3) is 0.746. The van der Waals surface area contributed by atoms with E-state index in [-0.39, 0.29) is 43.8 Å². The van der Waals surface area contributed by atoms with Crippen LogP contribution in [0.2, 0.25) is 0 Å².